The Labute approximate surface area is 166 Å². The summed E-state index contributed by atoms with van der Waals surface area (Å²) in [5.74, 6) is -0.220. The standard InChI is InChI=1S/C22H27ClN2O2/c1-4-24-22(27)17(3)25(15-19-7-5-6-8-20(19)23)21(26)14-13-18-11-9-16(2)10-12-18/h5-12,17H,4,13-15H2,1-3H3,(H,24,27). The highest BCUT2D eigenvalue weighted by Gasteiger charge is 2.26. The highest BCUT2D eigenvalue weighted by molar-refractivity contribution is 6.31. The number of hydrogen-bond acceptors (Lipinski definition) is 2. The molecule has 2 aromatic rings. The zero-order valence-corrected chi connectivity index (χ0v) is 16.9. The van der Waals surface area contributed by atoms with Crippen molar-refractivity contribution in [3.05, 3.63) is 70.2 Å². The number of hydrogen-bond donors (Lipinski definition) is 1. The van der Waals surface area contributed by atoms with Gasteiger partial charge in [-0.15, -0.1) is 0 Å². The van der Waals surface area contributed by atoms with E-state index in [0.717, 1.165) is 11.1 Å². The van der Waals surface area contributed by atoms with Crippen molar-refractivity contribution in [2.75, 3.05) is 6.54 Å². The number of nitrogens with zero attached hydrogens (tertiary/aromatic N) is 1. The molecule has 1 unspecified atom stereocenters. The summed E-state index contributed by atoms with van der Waals surface area (Å²) in [5.41, 5.74) is 3.13. The first-order valence-electron chi connectivity index (χ1n) is 9.28. The summed E-state index contributed by atoms with van der Waals surface area (Å²) in [6, 6.07) is 15.0. The van der Waals surface area contributed by atoms with Crippen LogP contribution >= 0.6 is 11.6 Å². The molecule has 1 atom stereocenters. The molecule has 0 radical (unpaired) electrons. The number of aryl methyl sites for hydroxylation is 2. The summed E-state index contributed by atoms with van der Waals surface area (Å²) >= 11 is 6.27. The van der Waals surface area contributed by atoms with Gasteiger partial charge in [-0.3, -0.25) is 9.59 Å². The molecule has 0 bridgehead atoms. The molecule has 5 heteroatoms. The Balaban J connectivity index is 2.14. The Hall–Kier alpha value is -2.33. The van der Waals surface area contributed by atoms with Crippen LogP contribution in [0, 0.1) is 6.92 Å². The molecule has 0 aliphatic heterocycles. The molecule has 0 fully saturated rings. The molecule has 0 saturated carbocycles. The minimum absolute atomic E-state index is 0.0609. The summed E-state index contributed by atoms with van der Waals surface area (Å²) in [6.07, 6.45) is 0.984. The summed E-state index contributed by atoms with van der Waals surface area (Å²) in [7, 11) is 0. The smallest absolute Gasteiger partial charge is 0.242 e. The number of rotatable bonds is 8. The normalized spacial score (nSPS) is 11.7. The van der Waals surface area contributed by atoms with Crippen LogP contribution in [0.3, 0.4) is 0 Å². The van der Waals surface area contributed by atoms with E-state index in [2.05, 4.69) is 5.32 Å². The molecule has 2 amide bonds. The van der Waals surface area contributed by atoms with Crippen molar-refractivity contribution in [2.24, 2.45) is 0 Å². The Bertz CT molecular complexity index is 774. The van der Waals surface area contributed by atoms with Crippen LogP contribution in [0.25, 0.3) is 0 Å². The molecule has 2 rings (SSSR count). The van der Waals surface area contributed by atoms with Crippen molar-refractivity contribution in [2.45, 2.75) is 46.2 Å². The van der Waals surface area contributed by atoms with Gasteiger partial charge in [0.1, 0.15) is 6.04 Å². The Morgan fingerprint density at radius 1 is 1.11 bits per heavy atom. The number of halogens is 1. The van der Waals surface area contributed by atoms with Gasteiger partial charge in [-0.2, -0.15) is 0 Å². The predicted molar refractivity (Wildman–Crippen MR) is 110 cm³/mol. The molecule has 0 aromatic heterocycles. The molecule has 0 saturated heterocycles. The molecule has 0 heterocycles. The van der Waals surface area contributed by atoms with E-state index < -0.39 is 6.04 Å². The van der Waals surface area contributed by atoms with Crippen LogP contribution in [0.1, 0.15) is 37.0 Å². The van der Waals surface area contributed by atoms with Crippen molar-refractivity contribution in [1.29, 1.82) is 0 Å². The zero-order chi connectivity index (χ0) is 19.8. The monoisotopic (exact) mass is 386 g/mol. The summed E-state index contributed by atoms with van der Waals surface area (Å²) in [5, 5.41) is 3.39. The van der Waals surface area contributed by atoms with E-state index >= 15 is 0 Å². The van der Waals surface area contributed by atoms with Gasteiger partial charge in [-0.05, 0) is 44.4 Å². The summed E-state index contributed by atoms with van der Waals surface area (Å²) in [4.78, 5) is 26.9. The molecule has 0 aliphatic carbocycles. The molecule has 144 valence electrons. The van der Waals surface area contributed by atoms with Crippen LogP contribution in [0.5, 0.6) is 0 Å². The fraction of sp³-hybridized carbons (Fsp3) is 0.364. The van der Waals surface area contributed by atoms with E-state index in [1.807, 2.05) is 56.3 Å². The molecule has 1 N–H and O–H groups in total. The lowest BCUT2D eigenvalue weighted by Gasteiger charge is -2.29. The largest absolute Gasteiger partial charge is 0.355 e. The maximum Gasteiger partial charge on any atom is 0.242 e. The van der Waals surface area contributed by atoms with Crippen LogP contribution in [0.15, 0.2) is 48.5 Å². The first-order valence-corrected chi connectivity index (χ1v) is 9.66. The summed E-state index contributed by atoms with van der Waals surface area (Å²) < 4.78 is 0. The molecule has 4 nitrogen and oxygen atoms in total. The maximum absolute atomic E-state index is 13.0. The average Bonchev–Trinajstić information content (AvgIpc) is 2.66. The molecule has 2 aromatic carbocycles. The minimum atomic E-state index is -0.563. The highest BCUT2D eigenvalue weighted by atomic mass is 35.5. The maximum atomic E-state index is 13.0. The second kappa shape index (κ2) is 10.1. The van der Waals surface area contributed by atoms with Crippen molar-refractivity contribution < 1.29 is 9.59 Å². The zero-order valence-electron chi connectivity index (χ0n) is 16.2. The second-order valence-electron chi connectivity index (χ2n) is 6.67. The van der Waals surface area contributed by atoms with E-state index in [-0.39, 0.29) is 11.8 Å². The lowest BCUT2D eigenvalue weighted by Crippen LogP contribution is -2.47. The van der Waals surface area contributed by atoms with Crippen molar-refractivity contribution in [3.63, 3.8) is 0 Å². The van der Waals surface area contributed by atoms with Gasteiger partial charge in [-0.1, -0.05) is 59.6 Å². The highest BCUT2D eigenvalue weighted by Crippen LogP contribution is 2.19. The van der Waals surface area contributed by atoms with Crippen LogP contribution < -0.4 is 5.32 Å². The third-order valence-corrected chi connectivity index (χ3v) is 4.93. The van der Waals surface area contributed by atoms with Gasteiger partial charge >= 0.3 is 0 Å². The topological polar surface area (TPSA) is 49.4 Å². The molecule has 0 aliphatic rings. The van der Waals surface area contributed by atoms with Crippen molar-refractivity contribution in [1.82, 2.24) is 10.2 Å². The SMILES string of the molecule is CCNC(=O)C(C)N(Cc1ccccc1Cl)C(=O)CCc1ccc(C)cc1. The van der Waals surface area contributed by atoms with E-state index in [4.69, 9.17) is 11.6 Å². The lowest BCUT2D eigenvalue weighted by atomic mass is 10.1. The third-order valence-electron chi connectivity index (χ3n) is 4.56. The Morgan fingerprint density at radius 2 is 1.78 bits per heavy atom. The number of amides is 2. The first kappa shape index (κ1) is 21.0. The molecular weight excluding hydrogens is 360 g/mol. The van der Waals surface area contributed by atoms with Gasteiger partial charge in [0.15, 0.2) is 0 Å². The van der Waals surface area contributed by atoms with Gasteiger partial charge in [0, 0.05) is 24.5 Å². The van der Waals surface area contributed by atoms with E-state index in [1.54, 1.807) is 17.9 Å². The fourth-order valence-corrected chi connectivity index (χ4v) is 3.06. The molecule has 27 heavy (non-hydrogen) atoms. The van der Waals surface area contributed by atoms with E-state index in [1.165, 1.54) is 5.56 Å². The Morgan fingerprint density at radius 3 is 2.41 bits per heavy atom. The van der Waals surface area contributed by atoms with Crippen LogP contribution in [0.4, 0.5) is 0 Å². The van der Waals surface area contributed by atoms with Gasteiger partial charge in [0.2, 0.25) is 11.8 Å². The number of likely N-dealkylation sites (N-methyl/N-ethyl adjacent to an activating group) is 1. The number of nitrogens with one attached hydrogen (secondary N) is 1. The molecule has 0 spiro atoms. The van der Waals surface area contributed by atoms with Crippen LogP contribution in [-0.4, -0.2) is 29.3 Å². The lowest BCUT2D eigenvalue weighted by molar-refractivity contribution is -0.140. The van der Waals surface area contributed by atoms with Gasteiger partial charge < -0.3 is 10.2 Å². The molecular formula is C22H27ClN2O2. The van der Waals surface area contributed by atoms with Crippen molar-refractivity contribution >= 4 is 23.4 Å². The fourth-order valence-electron chi connectivity index (χ4n) is 2.86. The van der Waals surface area contributed by atoms with Gasteiger partial charge in [0.25, 0.3) is 0 Å². The Kier molecular flexibility index (Phi) is 7.86. The second-order valence-corrected chi connectivity index (χ2v) is 7.08. The third kappa shape index (κ3) is 6.10. The first-order chi connectivity index (χ1) is 12.9. The summed E-state index contributed by atoms with van der Waals surface area (Å²) in [6.45, 7) is 6.49. The van der Waals surface area contributed by atoms with Crippen molar-refractivity contribution in [3.8, 4) is 0 Å². The number of carbonyl (C=O) groups excluding carboxylic acids is 2. The van der Waals surface area contributed by atoms with E-state index in [0.29, 0.717) is 31.0 Å². The van der Waals surface area contributed by atoms with Gasteiger partial charge in [-0.25, -0.2) is 0 Å². The predicted octanol–water partition coefficient (Wildman–Crippen LogP) is 4.13. The van der Waals surface area contributed by atoms with Crippen LogP contribution in [0.2, 0.25) is 5.02 Å². The number of benzene rings is 2. The number of carbonyl (C=O) groups is 2. The van der Waals surface area contributed by atoms with E-state index in [9.17, 15) is 9.59 Å². The average molecular weight is 387 g/mol. The quantitative estimate of drug-likeness (QED) is 0.741. The van der Waals surface area contributed by atoms with Gasteiger partial charge in [0.05, 0.1) is 0 Å². The van der Waals surface area contributed by atoms with Crippen LogP contribution in [-0.2, 0) is 22.6 Å². The minimum Gasteiger partial charge on any atom is -0.355 e.